The summed E-state index contributed by atoms with van der Waals surface area (Å²) >= 11 is 0. The third kappa shape index (κ3) is 2.65. The van der Waals surface area contributed by atoms with Crippen molar-refractivity contribution in [2.45, 2.75) is 31.7 Å². The van der Waals surface area contributed by atoms with Crippen LogP contribution in [0.4, 0.5) is 0 Å². The molecular weight excluding hydrogens is 294 g/mol. The number of amides is 1. The van der Waals surface area contributed by atoms with Gasteiger partial charge in [-0.3, -0.25) is 9.69 Å². The number of rotatable bonds is 3. The van der Waals surface area contributed by atoms with Crippen LogP contribution in [0.3, 0.4) is 0 Å². The standard InChI is InChI=1S/C16H21N5O2/c1-10-18-15(23-19-10)13-9-21(8-7-20(13)2)16(22)12-5-6-17-14(12)11-3-4-11/h5-6,11,13,17H,3-4,7-9H2,1-2H3/t13-/m0/s1. The van der Waals surface area contributed by atoms with Crippen molar-refractivity contribution in [3.63, 3.8) is 0 Å². The molecule has 1 amide bonds. The first-order valence-corrected chi connectivity index (χ1v) is 8.10. The number of likely N-dealkylation sites (N-methyl/N-ethyl adjacent to an activating group) is 1. The van der Waals surface area contributed by atoms with Gasteiger partial charge in [-0.2, -0.15) is 4.98 Å². The Hall–Kier alpha value is -2.15. The molecule has 1 saturated carbocycles. The van der Waals surface area contributed by atoms with Crippen LogP contribution >= 0.6 is 0 Å². The van der Waals surface area contributed by atoms with E-state index < -0.39 is 0 Å². The predicted octanol–water partition coefficient (Wildman–Crippen LogP) is 1.71. The highest BCUT2D eigenvalue weighted by molar-refractivity contribution is 5.95. The van der Waals surface area contributed by atoms with Gasteiger partial charge < -0.3 is 14.4 Å². The molecule has 0 unspecified atom stereocenters. The topological polar surface area (TPSA) is 78.3 Å². The maximum Gasteiger partial charge on any atom is 0.255 e. The molecule has 1 saturated heterocycles. The summed E-state index contributed by atoms with van der Waals surface area (Å²) in [7, 11) is 2.03. The third-order valence-electron chi connectivity index (χ3n) is 4.76. The van der Waals surface area contributed by atoms with E-state index in [4.69, 9.17) is 4.52 Å². The molecule has 2 aromatic rings. The molecule has 1 aliphatic carbocycles. The van der Waals surface area contributed by atoms with E-state index in [9.17, 15) is 4.79 Å². The lowest BCUT2D eigenvalue weighted by molar-refractivity contribution is 0.0488. The Morgan fingerprint density at radius 1 is 1.39 bits per heavy atom. The van der Waals surface area contributed by atoms with Crippen LogP contribution in [0.25, 0.3) is 0 Å². The summed E-state index contributed by atoms with van der Waals surface area (Å²) in [5.74, 6) is 1.84. The highest BCUT2D eigenvalue weighted by Crippen LogP contribution is 2.41. The number of carbonyl (C=O) groups is 1. The van der Waals surface area contributed by atoms with Crippen molar-refractivity contribution in [2.75, 3.05) is 26.7 Å². The molecule has 1 aliphatic heterocycles. The fraction of sp³-hybridized carbons (Fsp3) is 0.562. The quantitative estimate of drug-likeness (QED) is 0.933. The first-order valence-electron chi connectivity index (χ1n) is 8.10. The minimum atomic E-state index is -0.0442. The number of aromatic amines is 1. The second-order valence-electron chi connectivity index (χ2n) is 6.51. The molecule has 4 rings (SSSR count). The minimum Gasteiger partial charge on any atom is -0.364 e. The van der Waals surface area contributed by atoms with Gasteiger partial charge in [-0.05, 0) is 38.8 Å². The molecule has 0 radical (unpaired) electrons. The van der Waals surface area contributed by atoms with Gasteiger partial charge >= 0.3 is 0 Å². The fourth-order valence-corrected chi connectivity index (χ4v) is 3.22. The summed E-state index contributed by atoms with van der Waals surface area (Å²) in [6, 6.07) is 1.86. The van der Waals surface area contributed by atoms with E-state index in [1.807, 2.05) is 24.2 Å². The molecule has 23 heavy (non-hydrogen) atoms. The number of aryl methyl sites for hydroxylation is 1. The Morgan fingerprint density at radius 3 is 2.91 bits per heavy atom. The van der Waals surface area contributed by atoms with E-state index in [-0.39, 0.29) is 11.9 Å². The molecule has 0 spiro atoms. The number of nitrogens with zero attached hydrogens (tertiary/aromatic N) is 4. The SMILES string of the molecule is Cc1noc([C@@H]2CN(C(=O)c3cc[nH]c3C3CC3)CCN2C)n1. The number of carbonyl (C=O) groups excluding carboxylic acids is 1. The van der Waals surface area contributed by atoms with Crippen molar-refractivity contribution in [1.82, 2.24) is 24.9 Å². The minimum absolute atomic E-state index is 0.0442. The van der Waals surface area contributed by atoms with Crippen LogP contribution in [0, 0.1) is 6.92 Å². The van der Waals surface area contributed by atoms with Crippen molar-refractivity contribution in [2.24, 2.45) is 0 Å². The zero-order valence-corrected chi connectivity index (χ0v) is 13.5. The number of hydrogen-bond acceptors (Lipinski definition) is 5. The average Bonchev–Trinajstić information content (AvgIpc) is 3.11. The summed E-state index contributed by atoms with van der Waals surface area (Å²) < 4.78 is 5.32. The van der Waals surface area contributed by atoms with E-state index in [0.29, 0.717) is 30.7 Å². The third-order valence-corrected chi connectivity index (χ3v) is 4.76. The van der Waals surface area contributed by atoms with Gasteiger partial charge in [-0.15, -0.1) is 0 Å². The molecule has 1 atom stereocenters. The lowest BCUT2D eigenvalue weighted by atomic mass is 10.1. The molecule has 2 fully saturated rings. The van der Waals surface area contributed by atoms with Crippen LogP contribution in [-0.2, 0) is 0 Å². The maximum atomic E-state index is 12.9. The molecule has 122 valence electrons. The van der Waals surface area contributed by atoms with Crippen molar-refractivity contribution < 1.29 is 9.32 Å². The van der Waals surface area contributed by atoms with Gasteiger partial charge in [-0.1, -0.05) is 5.16 Å². The molecule has 7 heteroatoms. The van der Waals surface area contributed by atoms with Gasteiger partial charge in [0.2, 0.25) is 5.89 Å². The molecule has 2 aliphatic rings. The zero-order valence-electron chi connectivity index (χ0n) is 13.5. The first-order chi connectivity index (χ1) is 11.1. The van der Waals surface area contributed by atoms with Crippen LogP contribution in [0.2, 0.25) is 0 Å². The monoisotopic (exact) mass is 315 g/mol. The summed E-state index contributed by atoms with van der Waals surface area (Å²) in [6.07, 6.45) is 4.22. The van der Waals surface area contributed by atoms with Gasteiger partial charge in [-0.25, -0.2) is 0 Å². The van der Waals surface area contributed by atoms with Gasteiger partial charge in [0, 0.05) is 31.5 Å². The highest BCUT2D eigenvalue weighted by Gasteiger charge is 2.35. The van der Waals surface area contributed by atoms with Crippen molar-refractivity contribution in [1.29, 1.82) is 0 Å². The Balaban J connectivity index is 1.54. The van der Waals surface area contributed by atoms with Crippen LogP contribution in [-0.4, -0.2) is 57.5 Å². The van der Waals surface area contributed by atoms with Crippen LogP contribution in [0.5, 0.6) is 0 Å². The Morgan fingerprint density at radius 2 is 2.22 bits per heavy atom. The lowest BCUT2D eigenvalue weighted by Crippen LogP contribution is -2.49. The van der Waals surface area contributed by atoms with E-state index in [1.54, 1.807) is 6.92 Å². The molecule has 3 heterocycles. The first kappa shape index (κ1) is 14.4. The Kier molecular flexibility index (Phi) is 3.45. The smallest absolute Gasteiger partial charge is 0.255 e. The second-order valence-corrected chi connectivity index (χ2v) is 6.51. The van der Waals surface area contributed by atoms with E-state index in [1.165, 1.54) is 12.8 Å². The molecule has 1 N–H and O–H groups in total. The molecule has 0 bridgehead atoms. The van der Waals surface area contributed by atoms with E-state index >= 15 is 0 Å². The van der Waals surface area contributed by atoms with Crippen molar-refractivity contribution >= 4 is 5.91 Å². The van der Waals surface area contributed by atoms with Crippen molar-refractivity contribution in [3.8, 4) is 0 Å². The van der Waals surface area contributed by atoms with Crippen LogP contribution < -0.4 is 0 Å². The number of H-pyrrole nitrogens is 1. The van der Waals surface area contributed by atoms with Crippen LogP contribution in [0.1, 0.15) is 52.6 Å². The predicted molar refractivity (Wildman–Crippen MR) is 83.1 cm³/mol. The summed E-state index contributed by atoms with van der Waals surface area (Å²) in [5.41, 5.74) is 1.91. The zero-order chi connectivity index (χ0) is 16.0. The average molecular weight is 315 g/mol. The number of nitrogens with one attached hydrogen (secondary N) is 1. The van der Waals surface area contributed by atoms with E-state index in [0.717, 1.165) is 17.8 Å². The lowest BCUT2D eigenvalue weighted by Gasteiger charge is -2.37. The normalized spacial score (nSPS) is 22.5. The molecule has 0 aromatic carbocycles. The van der Waals surface area contributed by atoms with E-state index in [2.05, 4.69) is 20.0 Å². The largest absolute Gasteiger partial charge is 0.364 e. The summed E-state index contributed by atoms with van der Waals surface area (Å²) in [5, 5.41) is 3.87. The number of piperazine rings is 1. The Bertz CT molecular complexity index is 718. The summed E-state index contributed by atoms with van der Waals surface area (Å²) in [4.78, 5) is 24.6. The number of aromatic nitrogens is 3. The Labute approximate surface area is 134 Å². The maximum absolute atomic E-state index is 12.9. The van der Waals surface area contributed by atoms with Gasteiger partial charge in [0.25, 0.3) is 5.91 Å². The highest BCUT2D eigenvalue weighted by atomic mass is 16.5. The van der Waals surface area contributed by atoms with Gasteiger partial charge in [0.05, 0.1) is 5.56 Å². The fourth-order valence-electron chi connectivity index (χ4n) is 3.22. The van der Waals surface area contributed by atoms with Gasteiger partial charge in [0.1, 0.15) is 6.04 Å². The molecule has 7 nitrogen and oxygen atoms in total. The van der Waals surface area contributed by atoms with Crippen molar-refractivity contribution in [3.05, 3.63) is 35.2 Å². The number of hydrogen-bond donors (Lipinski definition) is 1. The van der Waals surface area contributed by atoms with Crippen LogP contribution in [0.15, 0.2) is 16.8 Å². The summed E-state index contributed by atoms with van der Waals surface area (Å²) in [6.45, 7) is 3.89. The second kappa shape index (κ2) is 5.49. The molecule has 2 aromatic heterocycles. The molecular formula is C16H21N5O2. The van der Waals surface area contributed by atoms with Gasteiger partial charge in [0.15, 0.2) is 5.82 Å².